The lowest BCUT2D eigenvalue weighted by Crippen LogP contribution is -1.91. The largest absolute Gasteiger partial charge is 0.367 e. The Labute approximate surface area is 107 Å². The Hall–Kier alpha value is -0.720. The fraction of sp³-hybridized carbons (Fsp3) is 0.750. The second-order valence-electron chi connectivity index (χ2n) is 5.13. The van der Waals surface area contributed by atoms with Crippen LogP contribution in [-0.2, 0) is 12.8 Å². The van der Waals surface area contributed by atoms with Crippen LogP contribution in [0.3, 0.4) is 0 Å². The van der Waals surface area contributed by atoms with Crippen molar-refractivity contribution in [3.63, 3.8) is 0 Å². The molecular formula is C16H29N. The van der Waals surface area contributed by atoms with Gasteiger partial charge in [0.1, 0.15) is 0 Å². The highest BCUT2D eigenvalue weighted by Gasteiger charge is 2.02. The van der Waals surface area contributed by atoms with Crippen LogP contribution in [0, 0.1) is 0 Å². The van der Waals surface area contributed by atoms with Crippen LogP contribution in [0.15, 0.2) is 12.4 Å². The third kappa shape index (κ3) is 5.95. The van der Waals surface area contributed by atoms with Gasteiger partial charge < -0.3 is 4.98 Å². The van der Waals surface area contributed by atoms with Gasteiger partial charge in [0.2, 0.25) is 0 Å². The van der Waals surface area contributed by atoms with Crippen LogP contribution in [0.4, 0.5) is 0 Å². The minimum Gasteiger partial charge on any atom is -0.367 e. The first kappa shape index (κ1) is 14.3. The highest BCUT2D eigenvalue weighted by atomic mass is 14.6. The maximum Gasteiger partial charge on any atom is 0.00401 e. The second kappa shape index (κ2) is 9.32. The predicted molar refractivity (Wildman–Crippen MR) is 76.5 cm³/mol. The van der Waals surface area contributed by atoms with Gasteiger partial charge in [-0.2, -0.15) is 0 Å². The first-order chi connectivity index (χ1) is 8.38. The molecule has 0 aliphatic carbocycles. The first-order valence-corrected chi connectivity index (χ1v) is 7.53. The Bertz CT molecular complexity index is 275. The highest BCUT2D eigenvalue weighted by Crippen LogP contribution is 2.15. The van der Waals surface area contributed by atoms with E-state index in [2.05, 4.69) is 31.2 Å². The molecule has 1 N–H and O–H groups in total. The molecule has 17 heavy (non-hydrogen) atoms. The van der Waals surface area contributed by atoms with Gasteiger partial charge in [-0.05, 0) is 36.8 Å². The van der Waals surface area contributed by atoms with E-state index < -0.39 is 0 Å². The number of rotatable bonds is 10. The van der Waals surface area contributed by atoms with E-state index >= 15 is 0 Å². The van der Waals surface area contributed by atoms with Crippen LogP contribution in [0.5, 0.6) is 0 Å². The number of unbranched alkanes of at least 4 members (excludes halogenated alkanes) is 6. The summed E-state index contributed by atoms with van der Waals surface area (Å²) in [7, 11) is 0. The lowest BCUT2D eigenvalue weighted by Gasteiger charge is -2.03. The van der Waals surface area contributed by atoms with E-state index in [-0.39, 0.29) is 0 Å². The standard InChI is InChI=1S/C16H29N/c1-3-5-7-8-9-10-12-16-14-17-13-15(16)11-6-4-2/h13-14,17H,3-12H2,1-2H3. The van der Waals surface area contributed by atoms with Crippen LogP contribution < -0.4 is 0 Å². The Balaban J connectivity index is 2.15. The summed E-state index contributed by atoms with van der Waals surface area (Å²) in [6.07, 6.45) is 17.9. The van der Waals surface area contributed by atoms with Crippen molar-refractivity contribution < 1.29 is 0 Å². The molecule has 0 aliphatic rings. The monoisotopic (exact) mass is 235 g/mol. The summed E-state index contributed by atoms with van der Waals surface area (Å²) in [6, 6.07) is 0. The molecule has 0 aliphatic heterocycles. The molecular weight excluding hydrogens is 206 g/mol. The number of aromatic amines is 1. The van der Waals surface area contributed by atoms with Crippen molar-refractivity contribution in [3.05, 3.63) is 23.5 Å². The molecule has 0 radical (unpaired) electrons. The Morgan fingerprint density at radius 3 is 1.88 bits per heavy atom. The number of hydrogen-bond acceptors (Lipinski definition) is 0. The van der Waals surface area contributed by atoms with Crippen molar-refractivity contribution in [2.45, 2.75) is 78.1 Å². The molecule has 0 saturated carbocycles. The molecule has 0 bridgehead atoms. The topological polar surface area (TPSA) is 15.8 Å². The molecule has 0 unspecified atom stereocenters. The van der Waals surface area contributed by atoms with Gasteiger partial charge in [-0.1, -0.05) is 52.4 Å². The fourth-order valence-electron chi connectivity index (χ4n) is 2.36. The summed E-state index contributed by atoms with van der Waals surface area (Å²) in [5.74, 6) is 0. The van der Waals surface area contributed by atoms with Gasteiger partial charge >= 0.3 is 0 Å². The van der Waals surface area contributed by atoms with Crippen LogP contribution in [0.2, 0.25) is 0 Å². The van der Waals surface area contributed by atoms with Crippen molar-refractivity contribution in [2.75, 3.05) is 0 Å². The summed E-state index contributed by atoms with van der Waals surface area (Å²) in [5.41, 5.74) is 3.12. The van der Waals surface area contributed by atoms with Gasteiger partial charge in [-0.25, -0.2) is 0 Å². The number of aromatic nitrogens is 1. The van der Waals surface area contributed by atoms with Crippen molar-refractivity contribution in [3.8, 4) is 0 Å². The molecule has 1 aromatic rings. The van der Waals surface area contributed by atoms with Crippen molar-refractivity contribution >= 4 is 0 Å². The number of H-pyrrole nitrogens is 1. The zero-order valence-electron chi connectivity index (χ0n) is 11.7. The lowest BCUT2D eigenvalue weighted by molar-refractivity contribution is 0.606. The molecule has 0 spiro atoms. The molecule has 0 atom stereocenters. The Morgan fingerprint density at radius 1 is 0.706 bits per heavy atom. The van der Waals surface area contributed by atoms with Crippen LogP contribution in [0.25, 0.3) is 0 Å². The molecule has 1 nitrogen and oxygen atoms in total. The van der Waals surface area contributed by atoms with E-state index in [1.807, 2.05) is 0 Å². The molecule has 1 heterocycles. The summed E-state index contributed by atoms with van der Waals surface area (Å²) in [6.45, 7) is 4.54. The van der Waals surface area contributed by atoms with Gasteiger partial charge in [-0.3, -0.25) is 0 Å². The zero-order valence-corrected chi connectivity index (χ0v) is 11.7. The molecule has 1 heteroatoms. The van der Waals surface area contributed by atoms with Crippen LogP contribution in [0.1, 0.15) is 76.3 Å². The average molecular weight is 235 g/mol. The highest BCUT2D eigenvalue weighted by molar-refractivity contribution is 5.23. The normalized spacial score (nSPS) is 10.9. The van der Waals surface area contributed by atoms with Gasteiger partial charge in [0, 0.05) is 12.4 Å². The molecule has 0 amide bonds. The van der Waals surface area contributed by atoms with Crippen molar-refractivity contribution in [1.82, 2.24) is 4.98 Å². The number of aryl methyl sites for hydroxylation is 2. The summed E-state index contributed by atoms with van der Waals surface area (Å²) < 4.78 is 0. The third-order valence-corrected chi connectivity index (χ3v) is 3.53. The van der Waals surface area contributed by atoms with Crippen LogP contribution in [-0.4, -0.2) is 4.98 Å². The number of nitrogens with one attached hydrogen (secondary N) is 1. The maximum absolute atomic E-state index is 3.27. The van der Waals surface area contributed by atoms with Gasteiger partial charge in [0.15, 0.2) is 0 Å². The zero-order chi connectivity index (χ0) is 12.3. The minimum atomic E-state index is 1.26. The quantitative estimate of drug-likeness (QED) is 0.532. The first-order valence-electron chi connectivity index (χ1n) is 7.53. The third-order valence-electron chi connectivity index (χ3n) is 3.53. The number of hydrogen-bond donors (Lipinski definition) is 1. The maximum atomic E-state index is 3.27. The molecule has 0 fully saturated rings. The van der Waals surface area contributed by atoms with Gasteiger partial charge in [0.05, 0.1) is 0 Å². The van der Waals surface area contributed by atoms with E-state index in [0.717, 1.165) is 0 Å². The lowest BCUT2D eigenvalue weighted by atomic mass is 10.0. The summed E-state index contributed by atoms with van der Waals surface area (Å²) in [5, 5.41) is 0. The van der Waals surface area contributed by atoms with Crippen molar-refractivity contribution in [2.24, 2.45) is 0 Å². The van der Waals surface area contributed by atoms with E-state index in [0.29, 0.717) is 0 Å². The van der Waals surface area contributed by atoms with Crippen LogP contribution >= 0.6 is 0 Å². The molecule has 1 rings (SSSR count). The second-order valence-corrected chi connectivity index (χ2v) is 5.13. The Morgan fingerprint density at radius 2 is 1.24 bits per heavy atom. The predicted octanol–water partition coefficient (Wildman–Crippen LogP) is 5.26. The molecule has 1 aromatic heterocycles. The Kier molecular flexibility index (Phi) is 7.87. The van der Waals surface area contributed by atoms with Gasteiger partial charge in [0.25, 0.3) is 0 Å². The van der Waals surface area contributed by atoms with Gasteiger partial charge in [-0.15, -0.1) is 0 Å². The van der Waals surface area contributed by atoms with E-state index in [4.69, 9.17) is 0 Å². The van der Waals surface area contributed by atoms with Crippen molar-refractivity contribution in [1.29, 1.82) is 0 Å². The van der Waals surface area contributed by atoms with E-state index in [1.165, 1.54) is 64.2 Å². The van der Waals surface area contributed by atoms with E-state index in [1.54, 1.807) is 11.1 Å². The van der Waals surface area contributed by atoms with E-state index in [9.17, 15) is 0 Å². The molecule has 98 valence electrons. The molecule has 0 saturated heterocycles. The summed E-state index contributed by atoms with van der Waals surface area (Å²) in [4.78, 5) is 3.27. The fourth-order valence-corrected chi connectivity index (χ4v) is 2.36. The average Bonchev–Trinajstić information content (AvgIpc) is 2.78. The minimum absolute atomic E-state index is 1.26. The molecule has 0 aromatic carbocycles. The smallest absolute Gasteiger partial charge is 0.00401 e. The summed E-state index contributed by atoms with van der Waals surface area (Å²) >= 11 is 0. The SMILES string of the molecule is CCCCCCCCc1c[nH]cc1CCCC.